The summed E-state index contributed by atoms with van der Waals surface area (Å²) in [6.07, 6.45) is 9.61. The van der Waals surface area contributed by atoms with E-state index < -0.39 is 11.7 Å². The van der Waals surface area contributed by atoms with Crippen molar-refractivity contribution in [2.24, 2.45) is 0 Å². The van der Waals surface area contributed by atoms with Crippen LogP contribution in [0.5, 0.6) is 0 Å². The summed E-state index contributed by atoms with van der Waals surface area (Å²) in [5, 5.41) is 19.9. The van der Waals surface area contributed by atoms with E-state index in [1.165, 1.54) is 22.4 Å². The first-order chi connectivity index (χ1) is 17.0. The molecule has 11 heteroatoms. The largest absolute Gasteiger partial charge is 0.417 e. The van der Waals surface area contributed by atoms with Crippen molar-refractivity contribution >= 4 is 28.5 Å². The predicted molar refractivity (Wildman–Crippen MR) is 123 cm³/mol. The normalized spacial score (nSPS) is 13.4. The molecule has 1 N–H and O–H groups in total. The second kappa shape index (κ2) is 8.21. The quantitative estimate of drug-likeness (QED) is 0.385. The Morgan fingerprint density at radius 3 is 2.94 bits per heavy atom. The van der Waals surface area contributed by atoms with Crippen LogP contribution in [0.2, 0.25) is 5.02 Å². The van der Waals surface area contributed by atoms with Crippen LogP contribution < -0.4 is 5.32 Å². The third-order valence-electron chi connectivity index (χ3n) is 6.05. The molecule has 0 radical (unpaired) electrons. The lowest BCUT2D eigenvalue weighted by Crippen LogP contribution is -2.23. The lowest BCUT2D eigenvalue weighted by atomic mass is 10.1. The molecule has 0 unspecified atom stereocenters. The number of rotatable bonds is 6. The molecule has 0 aromatic carbocycles. The van der Waals surface area contributed by atoms with Crippen LogP contribution in [0.4, 0.5) is 4.39 Å². The number of fused-ring (bicyclic) bond motifs is 2. The van der Waals surface area contributed by atoms with Gasteiger partial charge < -0.3 is 18.5 Å². The minimum absolute atomic E-state index is 0.0314. The molecular formula is C24H17ClFN7O2. The van der Waals surface area contributed by atoms with Gasteiger partial charge in [0.25, 0.3) is 0 Å². The minimum Gasteiger partial charge on any atom is -0.417 e. The van der Waals surface area contributed by atoms with Crippen molar-refractivity contribution in [1.82, 2.24) is 29.3 Å². The molecule has 9 nitrogen and oxygen atoms in total. The van der Waals surface area contributed by atoms with Crippen LogP contribution in [0, 0.1) is 17.1 Å². The van der Waals surface area contributed by atoms with Crippen LogP contribution in [-0.2, 0) is 13.0 Å². The Kier molecular flexibility index (Phi) is 5.00. The van der Waals surface area contributed by atoms with E-state index in [9.17, 15) is 14.4 Å². The number of nitriles is 1. The summed E-state index contributed by atoms with van der Waals surface area (Å²) in [6.45, 7) is -0.0462. The summed E-state index contributed by atoms with van der Waals surface area (Å²) < 4.78 is 23.4. The van der Waals surface area contributed by atoms with E-state index in [1.807, 2.05) is 22.7 Å². The number of imidazole rings is 1. The highest BCUT2D eigenvalue weighted by Gasteiger charge is 2.25. The Labute approximate surface area is 202 Å². The van der Waals surface area contributed by atoms with Gasteiger partial charge in [-0.1, -0.05) is 11.6 Å². The lowest BCUT2D eigenvalue weighted by molar-refractivity contribution is 0.0914. The highest BCUT2D eigenvalue weighted by atomic mass is 35.5. The van der Waals surface area contributed by atoms with Crippen LogP contribution in [0.3, 0.4) is 0 Å². The standard InChI is InChI=1S/C24H17ClFN7O2/c25-17-3-4-32-12-29-18(22(32)21(17)26)9-28-23(34)24-31-30-20(35-24)6-13-5-19-15(8-27)7-16(14-1-2-14)11-33(19)10-13/h3-5,7,10-12,14H,1-2,6,9H2,(H,28,34). The molecule has 0 aliphatic heterocycles. The average molecular weight is 490 g/mol. The van der Waals surface area contributed by atoms with Gasteiger partial charge in [0, 0.05) is 18.6 Å². The molecule has 35 heavy (non-hydrogen) atoms. The van der Waals surface area contributed by atoms with Crippen LogP contribution in [0.1, 0.15) is 57.7 Å². The van der Waals surface area contributed by atoms with Gasteiger partial charge in [0.15, 0.2) is 5.82 Å². The van der Waals surface area contributed by atoms with Crippen LogP contribution in [0.15, 0.2) is 47.5 Å². The molecule has 0 atom stereocenters. The molecule has 5 aromatic heterocycles. The Morgan fingerprint density at radius 2 is 2.14 bits per heavy atom. The first kappa shape index (κ1) is 21.3. The molecule has 1 saturated carbocycles. The monoisotopic (exact) mass is 489 g/mol. The zero-order valence-electron chi connectivity index (χ0n) is 18.2. The van der Waals surface area contributed by atoms with E-state index in [0.29, 0.717) is 23.6 Å². The summed E-state index contributed by atoms with van der Waals surface area (Å²) in [7, 11) is 0. The third kappa shape index (κ3) is 3.90. The molecule has 1 fully saturated rings. The van der Waals surface area contributed by atoms with Crippen molar-refractivity contribution in [3.63, 3.8) is 0 Å². The zero-order chi connectivity index (χ0) is 24.1. The van der Waals surface area contributed by atoms with E-state index in [0.717, 1.165) is 23.9 Å². The average Bonchev–Trinajstić information content (AvgIpc) is 3.26. The number of carbonyl (C=O) groups is 1. The SMILES string of the molecule is N#Cc1cc(C2CC2)cn2cc(Cc3nnc(C(=O)NCc4ncn5ccc(Cl)c(F)c45)o3)cc12. The summed E-state index contributed by atoms with van der Waals surface area (Å²) in [5.41, 5.74) is 3.98. The van der Waals surface area contributed by atoms with Gasteiger partial charge in [-0.2, -0.15) is 5.26 Å². The van der Waals surface area contributed by atoms with E-state index >= 15 is 0 Å². The smallest absolute Gasteiger partial charge is 0.309 e. The Balaban J connectivity index is 1.17. The van der Waals surface area contributed by atoms with Crippen LogP contribution >= 0.6 is 11.6 Å². The van der Waals surface area contributed by atoms with Gasteiger partial charge in [-0.3, -0.25) is 4.79 Å². The molecule has 1 aliphatic carbocycles. The molecule has 1 aliphatic rings. The minimum atomic E-state index is -0.611. The second-order valence-corrected chi connectivity index (χ2v) is 8.91. The van der Waals surface area contributed by atoms with E-state index in [4.69, 9.17) is 16.0 Å². The highest BCUT2D eigenvalue weighted by molar-refractivity contribution is 6.31. The topological polar surface area (TPSA) is 114 Å². The predicted octanol–water partition coefficient (Wildman–Crippen LogP) is 4.03. The fraction of sp³-hybridized carbons (Fsp3) is 0.208. The Morgan fingerprint density at radius 1 is 1.29 bits per heavy atom. The number of halogens is 2. The molecule has 0 saturated heterocycles. The maximum atomic E-state index is 14.4. The second-order valence-electron chi connectivity index (χ2n) is 8.50. The Hall–Kier alpha value is -4.23. The van der Waals surface area contributed by atoms with Gasteiger partial charge in [0.1, 0.15) is 11.6 Å². The van der Waals surface area contributed by atoms with Gasteiger partial charge in [0.2, 0.25) is 5.89 Å². The van der Waals surface area contributed by atoms with E-state index in [2.05, 4.69) is 32.8 Å². The number of carbonyl (C=O) groups excluding carboxylic acids is 1. The van der Waals surface area contributed by atoms with E-state index in [1.54, 1.807) is 6.20 Å². The summed E-state index contributed by atoms with van der Waals surface area (Å²) >= 11 is 5.86. The molecule has 0 bridgehead atoms. The summed E-state index contributed by atoms with van der Waals surface area (Å²) in [4.78, 5) is 16.7. The number of nitrogens with zero attached hydrogens (tertiary/aromatic N) is 6. The van der Waals surface area contributed by atoms with Crippen molar-refractivity contribution in [1.29, 1.82) is 5.26 Å². The molecule has 5 heterocycles. The summed E-state index contributed by atoms with van der Waals surface area (Å²) in [5.74, 6) is -0.630. The molecular weight excluding hydrogens is 473 g/mol. The fourth-order valence-electron chi connectivity index (χ4n) is 4.17. The highest BCUT2D eigenvalue weighted by Crippen LogP contribution is 2.40. The van der Waals surface area contributed by atoms with Gasteiger partial charge in [-0.25, -0.2) is 9.37 Å². The molecule has 174 valence electrons. The van der Waals surface area contributed by atoms with Crippen molar-refractivity contribution in [3.8, 4) is 6.07 Å². The number of pyridine rings is 2. The summed E-state index contributed by atoms with van der Waals surface area (Å²) in [6, 6.07) is 7.55. The van der Waals surface area contributed by atoms with Gasteiger partial charge in [0.05, 0.1) is 41.1 Å². The molecule has 6 rings (SSSR count). The lowest BCUT2D eigenvalue weighted by Gasteiger charge is -2.03. The zero-order valence-corrected chi connectivity index (χ0v) is 19.0. The number of nitrogens with one attached hydrogen (secondary N) is 1. The van der Waals surface area contributed by atoms with Crippen LogP contribution in [-0.4, -0.2) is 29.9 Å². The number of aromatic nitrogens is 5. The van der Waals surface area contributed by atoms with Crippen molar-refractivity contribution < 1.29 is 13.6 Å². The van der Waals surface area contributed by atoms with Crippen molar-refractivity contribution in [2.45, 2.75) is 31.7 Å². The first-order valence-corrected chi connectivity index (χ1v) is 11.3. The van der Waals surface area contributed by atoms with Crippen molar-refractivity contribution in [3.05, 3.63) is 88.1 Å². The molecule has 0 spiro atoms. The number of hydrogen-bond acceptors (Lipinski definition) is 6. The maximum absolute atomic E-state index is 14.4. The first-order valence-electron chi connectivity index (χ1n) is 10.9. The Bertz CT molecular complexity index is 1660. The van der Waals surface area contributed by atoms with Crippen LogP contribution in [0.25, 0.3) is 11.0 Å². The molecule has 1 amide bonds. The fourth-order valence-corrected chi connectivity index (χ4v) is 4.31. The van der Waals surface area contributed by atoms with Gasteiger partial charge >= 0.3 is 11.8 Å². The van der Waals surface area contributed by atoms with E-state index in [-0.39, 0.29) is 28.9 Å². The molecule has 5 aromatic rings. The van der Waals surface area contributed by atoms with Gasteiger partial charge in [-0.05, 0) is 48.1 Å². The number of hydrogen-bond donors (Lipinski definition) is 1. The third-order valence-corrected chi connectivity index (χ3v) is 6.34. The number of amides is 1. The maximum Gasteiger partial charge on any atom is 0.309 e. The van der Waals surface area contributed by atoms with Gasteiger partial charge in [-0.15, -0.1) is 10.2 Å². The van der Waals surface area contributed by atoms with Crippen molar-refractivity contribution in [2.75, 3.05) is 0 Å².